The van der Waals surface area contributed by atoms with Crippen LogP contribution in [0.1, 0.15) is 26.0 Å². The fraction of sp³-hybridized carbons (Fsp3) is 0.500. The van der Waals surface area contributed by atoms with Crippen molar-refractivity contribution in [2.24, 2.45) is 0 Å². The van der Waals surface area contributed by atoms with Gasteiger partial charge < -0.3 is 14.8 Å². The smallest absolute Gasteiger partial charge is 0.316 e. The van der Waals surface area contributed by atoms with Gasteiger partial charge in [0.15, 0.2) is 0 Å². The first-order valence-electron chi connectivity index (χ1n) is 5.73. The fourth-order valence-electron chi connectivity index (χ4n) is 1.37. The molecular weight excluding hydrogens is 254 g/mol. The van der Waals surface area contributed by atoms with Crippen molar-refractivity contribution in [3.8, 4) is 0 Å². The molecule has 0 radical (unpaired) electrons. The van der Waals surface area contributed by atoms with Gasteiger partial charge >= 0.3 is 5.97 Å². The number of hydrogen-bond acceptors (Lipinski definition) is 4. The monoisotopic (exact) mass is 271 g/mol. The number of amides is 1. The van der Waals surface area contributed by atoms with E-state index in [1.807, 2.05) is 0 Å². The third-order valence-electron chi connectivity index (χ3n) is 2.40. The zero-order valence-electron chi connectivity index (χ0n) is 10.4. The van der Waals surface area contributed by atoms with Gasteiger partial charge in [0.1, 0.15) is 11.0 Å². The molecule has 1 aromatic heterocycles. The number of carbonyl (C=O) groups excluding carboxylic acids is 1. The minimum absolute atomic E-state index is 0.184. The SMILES string of the molecule is CCC(SC(C)C(=O)NCc1ccco1)C(=O)O. The Kier molecular flexibility index (Phi) is 5.77. The summed E-state index contributed by atoms with van der Waals surface area (Å²) in [6.07, 6.45) is 2.03. The number of carboxylic acid groups (broad SMARTS) is 1. The Morgan fingerprint density at radius 2 is 2.28 bits per heavy atom. The number of aliphatic carboxylic acids is 1. The molecule has 0 aliphatic rings. The molecule has 1 rings (SSSR count). The van der Waals surface area contributed by atoms with Gasteiger partial charge in [-0.05, 0) is 25.5 Å². The third kappa shape index (κ3) is 4.44. The molecule has 0 aliphatic heterocycles. The van der Waals surface area contributed by atoms with Crippen LogP contribution in [0, 0.1) is 0 Å². The van der Waals surface area contributed by atoms with E-state index >= 15 is 0 Å². The molecule has 2 N–H and O–H groups in total. The Balaban J connectivity index is 2.38. The summed E-state index contributed by atoms with van der Waals surface area (Å²) in [5, 5.41) is 10.7. The van der Waals surface area contributed by atoms with Gasteiger partial charge in [-0.1, -0.05) is 6.92 Å². The Labute approximate surface area is 110 Å². The van der Waals surface area contributed by atoms with E-state index in [4.69, 9.17) is 9.52 Å². The zero-order chi connectivity index (χ0) is 13.5. The van der Waals surface area contributed by atoms with Crippen LogP contribution in [0.5, 0.6) is 0 Å². The lowest BCUT2D eigenvalue weighted by Crippen LogP contribution is -2.32. The second-order valence-corrected chi connectivity index (χ2v) is 5.36. The Hall–Kier alpha value is -1.43. The highest BCUT2D eigenvalue weighted by molar-refractivity contribution is 8.01. The van der Waals surface area contributed by atoms with Gasteiger partial charge in [-0.15, -0.1) is 11.8 Å². The number of furan rings is 1. The lowest BCUT2D eigenvalue weighted by Gasteiger charge is -2.15. The molecule has 1 heterocycles. The van der Waals surface area contributed by atoms with Crippen LogP contribution in [-0.2, 0) is 16.1 Å². The molecule has 100 valence electrons. The maximum absolute atomic E-state index is 11.7. The molecule has 0 bridgehead atoms. The van der Waals surface area contributed by atoms with Gasteiger partial charge in [0, 0.05) is 0 Å². The van der Waals surface area contributed by atoms with Crippen molar-refractivity contribution in [2.45, 2.75) is 37.3 Å². The minimum Gasteiger partial charge on any atom is -0.480 e. The van der Waals surface area contributed by atoms with E-state index < -0.39 is 16.5 Å². The van der Waals surface area contributed by atoms with E-state index in [0.29, 0.717) is 18.7 Å². The fourth-order valence-corrected chi connectivity index (χ4v) is 2.38. The van der Waals surface area contributed by atoms with Gasteiger partial charge in [0.2, 0.25) is 5.91 Å². The van der Waals surface area contributed by atoms with Crippen LogP contribution in [0.15, 0.2) is 22.8 Å². The summed E-state index contributed by atoms with van der Waals surface area (Å²) in [6.45, 7) is 3.81. The Bertz CT molecular complexity index is 391. The number of nitrogens with one attached hydrogen (secondary N) is 1. The predicted molar refractivity (Wildman–Crippen MR) is 69.3 cm³/mol. The van der Waals surface area contributed by atoms with E-state index in [1.165, 1.54) is 6.26 Å². The first kappa shape index (κ1) is 14.6. The van der Waals surface area contributed by atoms with E-state index in [-0.39, 0.29) is 5.91 Å². The van der Waals surface area contributed by atoms with Crippen molar-refractivity contribution in [3.05, 3.63) is 24.2 Å². The van der Waals surface area contributed by atoms with E-state index in [2.05, 4.69) is 5.32 Å². The molecule has 2 atom stereocenters. The Morgan fingerprint density at radius 1 is 1.56 bits per heavy atom. The normalized spacial score (nSPS) is 13.9. The maximum atomic E-state index is 11.7. The van der Waals surface area contributed by atoms with E-state index in [1.54, 1.807) is 26.0 Å². The molecule has 18 heavy (non-hydrogen) atoms. The van der Waals surface area contributed by atoms with Crippen LogP contribution in [0.25, 0.3) is 0 Å². The third-order valence-corrected chi connectivity index (χ3v) is 3.89. The number of rotatable bonds is 7. The number of carboxylic acids is 1. The second-order valence-electron chi connectivity index (χ2n) is 3.81. The van der Waals surface area contributed by atoms with Crippen LogP contribution < -0.4 is 5.32 Å². The topological polar surface area (TPSA) is 79.5 Å². The summed E-state index contributed by atoms with van der Waals surface area (Å²) in [5.74, 6) is -0.393. The first-order chi connectivity index (χ1) is 8.54. The molecule has 1 amide bonds. The lowest BCUT2D eigenvalue weighted by atomic mass is 10.3. The van der Waals surface area contributed by atoms with Crippen molar-refractivity contribution < 1.29 is 19.1 Å². The van der Waals surface area contributed by atoms with Crippen molar-refractivity contribution in [1.82, 2.24) is 5.32 Å². The van der Waals surface area contributed by atoms with Gasteiger partial charge in [0.25, 0.3) is 0 Å². The second kappa shape index (κ2) is 7.10. The molecule has 0 saturated heterocycles. The van der Waals surface area contributed by atoms with Gasteiger partial charge in [0.05, 0.1) is 18.1 Å². The molecule has 5 nitrogen and oxygen atoms in total. The van der Waals surface area contributed by atoms with E-state index in [0.717, 1.165) is 11.8 Å². The standard InChI is InChI=1S/C12H17NO4S/c1-3-10(12(15)16)18-8(2)11(14)13-7-9-5-4-6-17-9/h4-6,8,10H,3,7H2,1-2H3,(H,13,14)(H,15,16). The quantitative estimate of drug-likeness (QED) is 0.791. The molecule has 0 fully saturated rings. The number of thioether (sulfide) groups is 1. The average Bonchev–Trinajstić information content (AvgIpc) is 2.85. The molecule has 0 aliphatic carbocycles. The Morgan fingerprint density at radius 3 is 2.78 bits per heavy atom. The number of carbonyl (C=O) groups is 2. The lowest BCUT2D eigenvalue weighted by molar-refractivity contribution is -0.136. The van der Waals surface area contributed by atoms with Crippen molar-refractivity contribution in [2.75, 3.05) is 0 Å². The highest BCUT2D eigenvalue weighted by atomic mass is 32.2. The highest BCUT2D eigenvalue weighted by Crippen LogP contribution is 2.20. The zero-order valence-corrected chi connectivity index (χ0v) is 11.2. The summed E-state index contributed by atoms with van der Waals surface area (Å²) >= 11 is 1.16. The van der Waals surface area contributed by atoms with Crippen molar-refractivity contribution in [1.29, 1.82) is 0 Å². The summed E-state index contributed by atoms with van der Waals surface area (Å²) in [4.78, 5) is 22.6. The summed E-state index contributed by atoms with van der Waals surface area (Å²) in [7, 11) is 0. The van der Waals surface area contributed by atoms with Crippen LogP contribution in [0.2, 0.25) is 0 Å². The van der Waals surface area contributed by atoms with Crippen molar-refractivity contribution in [3.63, 3.8) is 0 Å². The molecule has 6 heteroatoms. The average molecular weight is 271 g/mol. The molecule has 0 aromatic carbocycles. The van der Waals surface area contributed by atoms with Crippen LogP contribution in [-0.4, -0.2) is 27.5 Å². The summed E-state index contributed by atoms with van der Waals surface area (Å²) < 4.78 is 5.09. The highest BCUT2D eigenvalue weighted by Gasteiger charge is 2.23. The largest absolute Gasteiger partial charge is 0.480 e. The first-order valence-corrected chi connectivity index (χ1v) is 6.67. The van der Waals surface area contributed by atoms with Crippen LogP contribution in [0.4, 0.5) is 0 Å². The molecule has 0 saturated carbocycles. The van der Waals surface area contributed by atoms with Gasteiger partial charge in [-0.25, -0.2) is 0 Å². The van der Waals surface area contributed by atoms with Crippen molar-refractivity contribution >= 4 is 23.6 Å². The molecule has 0 spiro atoms. The maximum Gasteiger partial charge on any atom is 0.316 e. The summed E-state index contributed by atoms with van der Waals surface area (Å²) in [6, 6.07) is 3.52. The molecule has 1 aromatic rings. The van der Waals surface area contributed by atoms with Gasteiger partial charge in [-0.2, -0.15) is 0 Å². The molecular formula is C12H17NO4S. The van der Waals surface area contributed by atoms with E-state index in [9.17, 15) is 9.59 Å². The molecule has 2 unspecified atom stereocenters. The van der Waals surface area contributed by atoms with Gasteiger partial charge in [-0.3, -0.25) is 9.59 Å². The van der Waals surface area contributed by atoms with Crippen LogP contribution in [0.3, 0.4) is 0 Å². The minimum atomic E-state index is -0.881. The summed E-state index contributed by atoms with van der Waals surface area (Å²) in [5.41, 5.74) is 0. The number of hydrogen-bond donors (Lipinski definition) is 2. The van der Waals surface area contributed by atoms with Crippen LogP contribution >= 0.6 is 11.8 Å². The predicted octanol–water partition coefficient (Wildman–Crippen LogP) is 1.88.